The second-order valence-corrected chi connectivity index (χ2v) is 8.69. The van der Waals surface area contributed by atoms with Crippen molar-refractivity contribution >= 4 is 40.6 Å². The first-order valence-corrected chi connectivity index (χ1v) is 11.8. The number of carboxylic acids is 2. The van der Waals surface area contributed by atoms with Crippen LogP contribution < -0.4 is 21.7 Å². The highest BCUT2D eigenvalue weighted by Gasteiger charge is 2.30. The molecule has 3 aromatic rings. The van der Waals surface area contributed by atoms with E-state index in [0.29, 0.717) is 5.56 Å². The second-order valence-electron chi connectivity index (χ2n) is 8.69. The van der Waals surface area contributed by atoms with E-state index < -0.39 is 60.8 Å². The molecule has 3 amide bonds. The van der Waals surface area contributed by atoms with Crippen LogP contribution in [0.15, 0.2) is 60.8 Å². The van der Waals surface area contributed by atoms with Gasteiger partial charge in [0, 0.05) is 23.5 Å². The number of aromatic amines is 1. The van der Waals surface area contributed by atoms with Crippen molar-refractivity contribution in [2.24, 2.45) is 5.73 Å². The quantitative estimate of drug-likeness (QED) is 0.161. The van der Waals surface area contributed by atoms with Crippen LogP contribution in [0.2, 0.25) is 0 Å². The molecule has 12 nitrogen and oxygen atoms in total. The van der Waals surface area contributed by atoms with Gasteiger partial charge in [-0.1, -0.05) is 48.5 Å². The standard InChI is InChI=1S/C26H29N5O7/c27-18(10-15-6-2-1-3-7-15)24(36)30-20(11-16-13-28-19-9-5-4-8-17(16)19)26(38)31-21(12-22(32)33)25(37)29-14-23(34)35/h1-9,13,18,20-21,28H,10-12,14,27H2,(H,29,37)(H,30,36)(H,31,38)(H,32,33)(H,34,35). The Kier molecular flexibility index (Phi) is 9.54. The number of aliphatic carboxylic acids is 2. The third-order valence-electron chi connectivity index (χ3n) is 5.79. The lowest BCUT2D eigenvalue weighted by molar-refractivity contribution is -0.141. The smallest absolute Gasteiger partial charge is 0.322 e. The Labute approximate surface area is 217 Å². The minimum atomic E-state index is -1.57. The zero-order valence-corrected chi connectivity index (χ0v) is 20.3. The summed E-state index contributed by atoms with van der Waals surface area (Å²) < 4.78 is 0. The van der Waals surface area contributed by atoms with Crippen molar-refractivity contribution in [1.82, 2.24) is 20.9 Å². The number of para-hydroxylation sites is 1. The Hall–Kier alpha value is -4.71. The zero-order valence-electron chi connectivity index (χ0n) is 20.3. The maximum absolute atomic E-state index is 13.3. The van der Waals surface area contributed by atoms with Gasteiger partial charge in [0.1, 0.15) is 18.6 Å². The Morgan fingerprint density at radius 1 is 0.789 bits per heavy atom. The van der Waals surface area contributed by atoms with Crippen molar-refractivity contribution in [2.45, 2.75) is 37.4 Å². The summed E-state index contributed by atoms with van der Waals surface area (Å²) in [5, 5.41) is 25.8. The van der Waals surface area contributed by atoms with Gasteiger partial charge in [-0.25, -0.2) is 0 Å². The van der Waals surface area contributed by atoms with Crippen LogP contribution in [0, 0.1) is 0 Å². The summed E-state index contributed by atoms with van der Waals surface area (Å²) in [5.74, 6) is -5.15. The van der Waals surface area contributed by atoms with Crippen LogP contribution in [0.4, 0.5) is 0 Å². The molecule has 3 rings (SSSR count). The number of carbonyl (C=O) groups is 5. The topological polar surface area (TPSA) is 204 Å². The van der Waals surface area contributed by atoms with Gasteiger partial charge in [0.15, 0.2) is 0 Å². The number of amides is 3. The third-order valence-corrected chi connectivity index (χ3v) is 5.79. The van der Waals surface area contributed by atoms with Gasteiger partial charge in [-0.2, -0.15) is 0 Å². The lowest BCUT2D eigenvalue weighted by Crippen LogP contribution is -2.57. The van der Waals surface area contributed by atoms with Crippen LogP contribution in [0.5, 0.6) is 0 Å². The summed E-state index contributed by atoms with van der Waals surface area (Å²) in [6.45, 7) is -0.755. The number of fused-ring (bicyclic) bond motifs is 1. The lowest BCUT2D eigenvalue weighted by Gasteiger charge is -2.23. The van der Waals surface area contributed by atoms with E-state index in [1.165, 1.54) is 0 Å². The summed E-state index contributed by atoms with van der Waals surface area (Å²) in [6.07, 6.45) is 1.12. The van der Waals surface area contributed by atoms with E-state index in [1.807, 2.05) is 54.6 Å². The maximum atomic E-state index is 13.3. The highest BCUT2D eigenvalue weighted by molar-refractivity contribution is 5.95. The maximum Gasteiger partial charge on any atom is 0.322 e. The van der Waals surface area contributed by atoms with Crippen molar-refractivity contribution < 1.29 is 34.2 Å². The molecule has 1 aromatic heterocycles. The first-order chi connectivity index (χ1) is 18.1. The van der Waals surface area contributed by atoms with Gasteiger partial charge < -0.3 is 36.9 Å². The van der Waals surface area contributed by atoms with E-state index in [0.717, 1.165) is 16.5 Å². The van der Waals surface area contributed by atoms with Gasteiger partial charge in [0.2, 0.25) is 17.7 Å². The first-order valence-electron chi connectivity index (χ1n) is 11.8. The summed E-state index contributed by atoms with van der Waals surface area (Å²) in [7, 11) is 0. The predicted molar refractivity (Wildman–Crippen MR) is 137 cm³/mol. The number of H-pyrrole nitrogens is 1. The van der Waals surface area contributed by atoms with Gasteiger partial charge >= 0.3 is 11.9 Å². The molecule has 3 unspecified atom stereocenters. The number of nitrogens with one attached hydrogen (secondary N) is 4. The van der Waals surface area contributed by atoms with E-state index in [2.05, 4.69) is 20.9 Å². The molecule has 0 aliphatic heterocycles. The molecule has 200 valence electrons. The molecule has 0 aliphatic carbocycles. The minimum Gasteiger partial charge on any atom is -0.481 e. The van der Waals surface area contributed by atoms with E-state index in [4.69, 9.17) is 10.8 Å². The number of hydrogen-bond donors (Lipinski definition) is 7. The van der Waals surface area contributed by atoms with E-state index >= 15 is 0 Å². The number of aromatic nitrogens is 1. The average Bonchev–Trinajstić information content (AvgIpc) is 3.29. The molecular weight excluding hydrogens is 494 g/mol. The largest absolute Gasteiger partial charge is 0.481 e. The first kappa shape index (κ1) is 27.9. The van der Waals surface area contributed by atoms with Crippen molar-refractivity contribution in [2.75, 3.05) is 6.54 Å². The van der Waals surface area contributed by atoms with E-state index in [1.54, 1.807) is 6.20 Å². The number of carboxylic acid groups (broad SMARTS) is 2. The molecule has 0 radical (unpaired) electrons. The molecule has 1 heterocycles. The Bertz CT molecular complexity index is 1310. The predicted octanol–water partition coefficient (Wildman–Crippen LogP) is -0.0745. The summed E-state index contributed by atoms with van der Waals surface area (Å²) in [5.41, 5.74) is 8.43. The monoisotopic (exact) mass is 523 g/mol. The van der Waals surface area contributed by atoms with Gasteiger partial charge in [0.25, 0.3) is 0 Å². The number of rotatable bonds is 13. The molecule has 0 aliphatic rings. The highest BCUT2D eigenvalue weighted by atomic mass is 16.4. The van der Waals surface area contributed by atoms with Gasteiger partial charge in [-0.05, 0) is 23.6 Å². The van der Waals surface area contributed by atoms with Crippen LogP contribution in [0.3, 0.4) is 0 Å². The molecule has 0 fully saturated rings. The molecule has 12 heteroatoms. The fourth-order valence-electron chi connectivity index (χ4n) is 3.91. The van der Waals surface area contributed by atoms with Crippen LogP contribution >= 0.6 is 0 Å². The van der Waals surface area contributed by atoms with Crippen molar-refractivity contribution in [3.05, 3.63) is 71.9 Å². The molecule has 3 atom stereocenters. The van der Waals surface area contributed by atoms with Crippen molar-refractivity contribution in [3.63, 3.8) is 0 Å². The fourth-order valence-corrected chi connectivity index (χ4v) is 3.91. The fraction of sp³-hybridized carbons (Fsp3) is 0.269. The van der Waals surface area contributed by atoms with Gasteiger partial charge in [-0.15, -0.1) is 0 Å². The lowest BCUT2D eigenvalue weighted by atomic mass is 10.0. The van der Waals surface area contributed by atoms with Crippen LogP contribution in [0.25, 0.3) is 10.9 Å². The molecule has 38 heavy (non-hydrogen) atoms. The molecule has 0 spiro atoms. The number of nitrogens with two attached hydrogens (primary N) is 1. The SMILES string of the molecule is NC(Cc1ccccc1)C(=O)NC(Cc1c[nH]c2ccccc12)C(=O)NC(CC(=O)O)C(=O)NCC(=O)O. The Balaban J connectivity index is 1.81. The zero-order chi connectivity index (χ0) is 27.7. The third kappa shape index (κ3) is 7.90. The minimum absolute atomic E-state index is 0.0101. The van der Waals surface area contributed by atoms with Crippen LogP contribution in [-0.2, 0) is 36.8 Å². The second kappa shape index (κ2) is 13.0. The summed E-state index contributed by atoms with van der Waals surface area (Å²) in [6, 6.07) is 12.7. The molecule has 0 saturated carbocycles. The molecule has 0 saturated heterocycles. The Morgan fingerprint density at radius 2 is 1.45 bits per heavy atom. The highest BCUT2D eigenvalue weighted by Crippen LogP contribution is 2.19. The number of benzene rings is 2. The Morgan fingerprint density at radius 3 is 2.13 bits per heavy atom. The van der Waals surface area contributed by atoms with E-state index in [9.17, 15) is 29.1 Å². The van der Waals surface area contributed by atoms with Crippen LogP contribution in [0.1, 0.15) is 17.5 Å². The number of carbonyl (C=O) groups excluding carboxylic acids is 3. The molecular formula is C26H29N5O7. The normalized spacial score (nSPS) is 13.2. The number of hydrogen-bond acceptors (Lipinski definition) is 6. The molecule has 0 bridgehead atoms. The van der Waals surface area contributed by atoms with Gasteiger partial charge in [-0.3, -0.25) is 24.0 Å². The van der Waals surface area contributed by atoms with Gasteiger partial charge in [0.05, 0.1) is 12.5 Å². The summed E-state index contributed by atoms with van der Waals surface area (Å²) >= 11 is 0. The molecule has 2 aromatic carbocycles. The average molecular weight is 524 g/mol. The molecule has 8 N–H and O–H groups in total. The van der Waals surface area contributed by atoms with Crippen LogP contribution in [-0.4, -0.2) is 69.5 Å². The van der Waals surface area contributed by atoms with E-state index in [-0.39, 0.29) is 12.8 Å². The summed E-state index contributed by atoms with van der Waals surface area (Å²) in [4.78, 5) is 63.9. The van der Waals surface area contributed by atoms with Crippen molar-refractivity contribution in [3.8, 4) is 0 Å². The van der Waals surface area contributed by atoms with Crippen molar-refractivity contribution in [1.29, 1.82) is 0 Å².